The molecule has 34 valence electrons. The number of rotatable bonds is 0. The Kier molecular flexibility index (Phi) is 7.85. The van der Waals surface area contributed by atoms with Crippen LogP contribution in [0.4, 0.5) is 0 Å². The highest BCUT2D eigenvalue weighted by atomic mass is 31.0. The summed E-state index contributed by atoms with van der Waals surface area (Å²) in [5.41, 5.74) is 0. The third-order valence-electron chi connectivity index (χ3n) is 0. The molecule has 0 rings (SSSR count). The Bertz CT molecular complexity index is 14.4. The lowest BCUT2D eigenvalue weighted by Gasteiger charge is -2.04. The summed E-state index contributed by atoms with van der Waals surface area (Å²) < 4.78 is 0. The molecule has 1 unspecified atom stereocenters. The molecule has 0 aliphatic rings. The first-order valence-corrected chi connectivity index (χ1v) is 1.20. The highest BCUT2D eigenvalue weighted by molar-refractivity contribution is 6.92. The molecule has 0 saturated carbocycles. The van der Waals surface area contributed by atoms with Crippen LogP contribution >= 0.6 is 9.90 Å². The van der Waals surface area contributed by atoms with Crippen LogP contribution in [0.25, 0.3) is 0 Å². The first-order valence-electron chi connectivity index (χ1n) is 1.20. The van der Waals surface area contributed by atoms with Gasteiger partial charge < -0.3 is 10.3 Å². The Morgan fingerprint density at radius 3 is 1.40 bits per heavy atom. The first-order chi connectivity index (χ1) is 1.73. The average molecular weight is 95.1 g/mol. The van der Waals surface area contributed by atoms with Crippen LogP contribution in [0, 0.1) is 5.21 Å². The van der Waals surface area contributed by atoms with E-state index in [0.29, 0.717) is 0 Å². The van der Waals surface area contributed by atoms with Crippen molar-refractivity contribution in [2.24, 2.45) is 0 Å². The monoisotopic (exact) mass is 95.1 g/mol. The van der Waals surface area contributed by atoms with Crippen molar-refractivity contribution in [1.82, 2.24) is 0 Å². The molecule has 0 aliphatic carbocycles. The van der Waals surface area contributed by atoms with Gasteiger partial charge in [-0.15, -0.1) is 0 Å². The summed E-state index contributed by atoms with van der Waals surface area (Å²) in [6.45, 7) is 0. The SMILES string of the molecule is C[NH+](C)[O-].P. The molecular weight excluding hydrogens is 85.0 g/mol. The maximum Gasteiger partial charge on any atom is 0.0660 e. The Labute approximate surface area is 35.4 Å². The molecule has 0 aliphatic heterocycles. The topological polar surface area (TPSA) is 27.5 Å². The van der Waals surface area contributed by atoms with Gasteiger partial charge in [-0.2, -0.15) is 9.90 Å². The fraction of sp³-hybridized carbons (Fsp3) is 1.00. The van der Waals surface area contributed by atoms with E-state index in [9.17, 15) is 5.21 Å². The summed E-state index contributed by atoms with van der Waals surface area (Å²) in [6, 6.07) is 0. The van der Waals surface area contributed by atoms with Gasteiger partial charge in [0.15, 0.2) is 0 Å². The number of quaternary nitrogens is 1. The zero-order valence-corrected chi connectivity index (χ0v) is 5.03. The second-order valence-corrected chi connectivity index (χ2v) is 0.908. The summed E-state index contributed by atoms with van der Waals surface area (Å²) in [5, 5.41) is 9.61. The molecule has 0 fully saturated rings. The molecule has 0 saturated heterocycles. The fourth-order valence-electron chi connectivity index (χ4n) is 0. The number of hydrogen-bond acceptors (Lipinski definition) is 1. The van der Waals surface area contributed by atoms with E-state index in [1.54, 1.807) is 0 Å². The molecule has 0 radical (unpaired) electrons. The fourth-order valence-corrected chi connectivity index (χ4v) is 0. The van der Waals surface area contributed by atoms with E-state index in [0.717, 1.165) is 0 Å². The van der Waals surface area contributed by atoms with Gasteiger partial charge in [0.05, 0.1) is 14.1 Å². The van der Waals surface area contributed by atoms with Gasteiger partial charge in [0, 0.05) is 0 Å². The van der Waals surface area contributed by atoms with Gasteiger partial charge in [-0.05, 0) is 0 Å². The van der Waals surface area contributed by atoms with E-state index in [2.05, 4.69) is 0 Å². The second kappa shape index (κ2) is 4.35. The highest BCUT2D eigenvalue weighted by Gasteiger charge is 1.49. The third kappa shape index (κ3) is 196. The molecule has 3 heteroatoms. The maximum atomic E-state index is 9.44. The van der Waals surface area contributed by atoms with E-state index in [1.807, 2.05) is 0 Å². The van der Waals surface area contributed by atoms with Crippen LogP contribution in [0.3, 0.4) is 0 Å². The lowest BCUT2D eigenvalue weighted by atomic mass is 11.2. The van der Waals surface area contributed by atoms with Crippen LogP contribution in [0.5, 0.6) is 0 Å². The number of hydroxylamine groups is 2. The number of nitrogens with one attached hydrogen (secondary N) is 1. The Balaban J connectivity index is 0. The largest absolute Gasteiger partial charge is 0.635 e. The highest BCUT2D eigenvalue weighted by Crippen LogP contribution is 0.931. The van der Waals surface area contributed by atoms with Gasteiger partial charge in [-0.3, -0.25) is 0 Å². The summed E-state index contributed by atoms with van der Waals surface area (Å²) >= 11 is 0. The summed E-state index contributed by atoms with van der Waals surface area (Å²) in [7, 11) is 3.06. The van der Waals surface area contributed by atoms with E-state index < -0.39 is 0 Å². The standard InChI is InChI=1S/C2H7NO.H3P/c1-3(2)4;/h3H,1-2H3;1H3. The van der Waals surface area contributed by atoms with Crippen LogP contribution < -0.4 is 5.06 Å². The molecule has 5 heavy (non-hydrogen) atoms. The minimum atomic E-state index is 0. The van der Waals surface area contributed by atoms with Crippen LogP contribution in [0.15, 0.2) is 0 Å². The van der Waals surface area contributed by atoms with Gasteiger partial charge >= 0.3 is 0 Å². The van der Waals surface area contributed by atoms with Gasteiger partial charge in [0.1, 0.15) is 0 Å². The third-order valence-corrected chi connectivity index (χ3v) is 0. The predicted octanol–water partition coefficient (Wildman–Crippen LogP) is -1.31. The second-order valence-electron chi connectivity index (χ2n) is 0.908. The summed E-state index contributed by atoms with van der Waals surface area (Å²) in [4.78, 5) is 0. The van der Waals surface area contributed by atoms with Crippen molar-refractivity contribution in [1.29, 1.82) is 0 Å². The Morgan fingerprint density at radius 2 is 1.40 bits per heavy atom. The van der Waals surface area contributed by atoms with E-state index in [4.69, 9.17) is 0 Å². The average Bonchev–Trinajstić information content (AvgIpc) is 0.811. The molecular formula is C2H10NOP. The van der Waals surface area contributed by atoms with Crippen LogP contribution in [-0.4, -0.2) is 14.1 Å². The molecule has 0 aromatic carbocycles. The molecule has 0 aromatic heterocycles. The van der Waals surface area contributed by atoms with Crippen LogP contribution in [0.1, 0.15) is 0 Å². The lowest BCUT2D eigenvalue weighted by molar-refractivity contribution is -0.802. The van der Waals surface area contributed by atoms with Crippen molar-refractivity contribution in [3.05, 3.63) is 5.21 Å². The maximum absolute atomic E-state index is 9.44. The van der Waals surface area contributed by atoms with Gasteiger partial charge in [-0.1, -0.05) is 0 Å². The van der Waals surface area contributed by atoms with Crippen LogP contribution in [-0.2, 0) is 0 Å². The minimum absolute atomic E-state index is 0. The normalized spacial score (nSPS) is 7.20. The smallest absolute Gasteiger partial charge is 0.0660 e. The van der Waals surface area contributed by atoms with Gasteiger partial charge in [0.2, 0.25) is 0 Å². The van der Waals surface area contributed by atoms with Crippen LogP contribution in [0.2, 0.25) is 0 Å². The Morgan fingerprint density at radius 1 is 1.40 bits per heavy atom. The van der Waals surface area contributed by atoms with Crippen molar-refractivity contribution in [3.8, 4) is 0 Å². The van der Waals surface area contributed by atoms with Crippen molar-refractivity contribution in [2.75, 3.05) is 14.1 Å². The summed E-state index contributed by atoms with van der Waals surface area (Å²) in [6.07, 6.45) is 0. The molecule has 0 aromatic rings. The molecule has 0 spiro atoms. The molecule has 1 N–H and O–H groups in total. The molecule has 1 atom stereocenters. The van der Waals surface area contributed by atoms with E-state index >= 15 is 0 Å². The quantitative estimate of drug-likeness (QED) is 0.293. The molecule has 0 amide bonds. The first kappa shape index (κ1) is 9.02. The minimum Gasteiger partial charge on any atom is -0.635 e. The Hall–Kier alpha value is 0.350. The van der Waals surface area contributed by atoms with E-state index in [1.165, 1.54) is 14.1 Å². The zero-order valence-electron chi connectivity index (χ0n) is 3.62. The van der Waals surface area contributed by atoms with E-state index in [-0.39, 0.29) is 15.0 Å². The van der Waals surface area contributed by atoms with Crippen molar-refractivity contribution in [3.63, 3.8) is 0 Å². The molecule has 0 bridgehead atoms. The van der Waals surface area contributed by atoms with Crippen molar-refractivity contribution < 1.29 is 5.06 Å². The zero-order chi connectivity index (χ0) is 3.58. The predicted molar refractivity (Wildman–Crippen MR) is 27.3 cm³/mol. The van der Waals surface area contributed by atoms with Crippen molar-refractivity contribution in [2.45, 2.75) is 0 Å². The molecule has 2 nitrogen and oxygen atoms in total. The molecule has 0 heterocycles. The summed E-state index contributed by atoms with van der Waals surface area (Å²) in [5.74, 6) is 0. The van der Waals surface area contributed by atoms with Gasteiger partial charge in [-0.25, -0.2) is 0 Å². The van der Waals surface area contributed by atoms with Crippen molar-refractivity contribution >= 4 is 9.90 Å². The van der Waals surface area contributed by atoms with Gasteiger partial charge in [0.25, 0.3) is 0 Å². The number of hydrogen-bond donors (Lipinski definition) is 1. The lowest BCUT2D eigenvalue weighted by Crippen LogP contribution is -3.00.